The van der Waals surface area contributed by atoms with Gasteiger partial charge in [0.15, 0.2) is 0 Å². The molecule has 6 heteroatoms. The summed E-state index contributed by atoms with van der Waals surface area (Å²) in [5, 5.41) is 7.78. The summed E-state index contributed by atoms with van der Waals surface area (Å²) in [6.07, 6.45) is 2.64. The molecular weight excluding hydrogens is 314 g/mol. The summed E-state index contributed by atoms with van der Waals surface area (Å²) in [5.74, 6) is 0.109. The molecule has 2 rings (SSSR count). The van der Waals surface area contributed by atoms with E-state index in [0.717, 1.165) is 43.9 Å². The molecule has 2 heterocycles. The highest BCUT2D eigenvalue weighted by Gasteiger charge is 2.36. The first-order valence-corrected chi connectivity index (χ1v) is 9.31. The van der Waals surface area contributed by atoms with E-state index in [1.807, 2.05) is 11.6 Å². The minimum atomic E-state index is 0.0696. The van der Waals surface area contributed by atoms with Crippen LogP contribution in [0.25, 0.3) is 0 Å². The number of carbonyl (C=O) groups is 1. The fourth-order valence-electron chi connectivity index (χ4n) is 3.68. The highest BCUT2D eigenvalue weighted by molar-refractivity contribution is 5.76. The van der Waals surface area contributed by atoms with Crippen LogP contribution in [-0.4, -0.2) is 71.8 Å². The van der Waals surface area contributed by atoms with Crippen molar-refractivity contribution in [1.82, 2.24) is 24.9 Å². The number of likely N-dealkylation sites (N-methyl/N-ethyl adjacent to an activating group) is 1. The van der Waals surface area contributed by atoms with Crippen LogP contribution in [0.15, 0.2) is 0 Å². The Labute approximate surface area is 152 Å². The molecule has 0 spiro atoms. The molecule has 0 saturated carbocycles. The van der Waals surface area contributed by atoms with Crippen molar-refractivity contribution in [3.8, 4) is 0 Å². The van der Waals surface area contributed by atoms with E-state index in [9.17, 15) is 4.79 Å². The van der Waals surface area contributed by atoms with E-state index < -0.39 is 0 Å². The summed E-state index contributed by atoms with van der Waals surface area (Å²) in [5.41, 5.74) is 3.48. The van der Waals surface area contributed by atoms with E-state index in [-0.39, 0.29) is 17.5 Å². The standard InChI is InChI=1S/C19H35N5O/c1-14(24-17(4)15(2)16(3)21-24)12-18(25)20-13-19(22(5)6)8-10-23(7)11-9-19/h14H,8-13H2,1-7H3,(H,20,25). The van der Waals surface area contributed by atoms with Gasteiger partial charge in [-0.2, -0.15) is 5.10 Å². The van der Waals surface area contributed by atoms with Gasteiger partial charge in [0.1, 0.15) is 0 Å². The molecule has 1 aliphatic rings. The van der Waals surface area contributed by atoms with Crippen molar-refractivity contribution in [1.29, 1.82) is 0 Å². The van der Waals surface area contributed by atoms with E-state index in [0.29, 0.717) is 6.42 Å². The van der Waals surface area contributed by atoms with E-state index in [1.54, 1.807) is 0 Å². The Morgan fingerprint density at radius 3 is 2.36 bits per heavy atom. The van der Waals surface area contributed by atoms with Gasteiger partial charge in [-0.3, -0.25) is 9.48 Å². The summed E-state index contributed by atoms with van der Waals surface area (Å²) < 4.78 is 1.99. The van der Waals surface area contributed by atoms with E-state index in [2.05, 4.69) is 62.1 Å². The summed E-state index contributed by atoms with van der Waals surface area (Å²) in [4.78, 5) is 17.2. The maximum Gasteiger partial charge on any atom is 0.222 e. The SMILES string of the molecule is Cc1nn(C(C)CC(=O)NCC2(N(C)C)CCN(C)CC2)c(C)c1C. The minimum absolute atomic E-state index is 0.0696. The average molecular weight is 350 g/mol. The van der Waals surface area contributed by atoms with Crippen LogP contribution >= 0.6 is 0 Å². The maximum absolute atomic E-state index is 12.5. The fraction of sp³-hybridized carbons (Fsp3) is 0.789. The van der Waals surface area contributed by atoms with Gasteiger partial charge in [0.05, 0.1) is 11.7 Å². The van der Waals surface area contributed by atoms with Crippen LogP contribution in [-0.2, 0) is 4.79 Å². The Hall–Kier alpha value is -1.40. The first-order chi connectivity index (χ1) is 11.7. The second kappa shape index (κ2) is 7.87. The number of rotatable bonds is 6. The summed E-state index contributed by atoms with van der Waals surface area (Å²) in [7, 11) is 6.41. The van der Waals surface area contributed by atoms with Crippen LogP contribution in [0.1, 0.15) is 49.2 Å². The molecule has 0 aliphatic carbocycles. The third-order valence-electron chi connectivity index (χ3n) is 6.07. The monoisotopic (exact) mass is 349 g/mol. The molecular formula is C19H35N5O. The van der Waals surface area contributed by atoms with Gasteiger partial charge in [0.25, 0.3) is 0 Å². The maximum atomic E-state index is 12.5. The van der Waals surface area contributed by atoms with Crippen molar-refractivity contribution < 1.29 is 4.79 Å². The molecule has 1 atom stereocenters. The predicted molar refractivity (Wildman–Crippen MR) is 102 cm³/mol. The number of aryl methyl sites for hydroxylation is 1. The van der Waals surface area contributed by atoms with Gasteiger partial charge in [0.2, 0.25) is 5.91 Å². The lowest BCUT2D eigenvalue weighted by Gasteiger charge is -2.45. The lowest BCUT2D eigenvalue weighted by Crippen LogP contribution is -2.58. The first kappa shape index (κ1) is 19.9. The lowest BCUT2D eigenvalue weighted by molar-refractivity contribution is -0.122. The second-order valence-electron chi connectivity index (χ2n) is 7.99. The topological polar surface area (TPSA) is 53.4 Å². The zero-order chi connectivity index (χ0) is 18.8. The number of carbonyl (C=O) groups excluding carboxylic acids is 1. The second-order valence-corrected chi connectivity index (χ2v) is 7.99. The van der Waals surface area contributed by atoms with E-state index >= 15 is 0 Å². The zero-order valence-corrected chi connectivity index (χ0v) is 17.0. The minimum Gasteiger partial charge on any atom is -0.354 e. The molecule has 1 amide bonds. The van der Waals surface area contributed by atoms with Crippen molar-refractivity contribution in [2.24, 2.45) is 0 Å². The fourth-order valence-corrected chi connectivity index (χ4v) is 3.68. The zero-order valence-electron chi connectivity index (χ0n) is 17.0. The smallest absolute Gasteiger partial charge is 0.222 e. The average Bonchev–Trinajstić information content (AvgIpc) is 2.82. The summed E-state index contributed by atoms with van der Waals surface area (Å²) in [6.45, 7) is 11.1. The van der Waals surface area contributed by atoms with Crippen molar-refractivity contribution in [3.05, 3.63) is 17.0 Å². The van der Waals surface area contributed by atoms with Gasteiger partial charge >= 0.3 is 0 Å². The van der Waals surface area contributed by atoms with Crippen LogP contribution in [0.3, 0.4) is 0 Å². The number of nitrogens with one attached hydrogen (secondary N) is 1. The normalized spacial score (nSPS) is 19.2. The molecule has 1 N–H and O–H groups in total. The van der Waals surface area contributed by atoms with Crippen molar-refractivity contribution in [2.75, 3.05) is 40.8 Å². The molecule has 0 bridgehead atoms. The van der Waals surface area contributed by atoms with Crippen molar-refractivity contribution in [3.63, 3.8) is 0 Å². The molecule has 1 aliphatic heterocycles. The molecule has 142 valence electrons. The molecule has 25 heavy (non-hydrogen) atoms. The molecule has 1 unspecified atom stereocenters. The van der Waals surface area contributed by atoms with Gasteiger partial charge in [0, 0.05) is 24.2 Å². The Bertz CT molecular complexity index is 599. The third kappa shape index (κ3) is 4.42. The Morgan fingerprint density at radius 2 is 1.88 bits per heavy atom. The third-order valence-corrected chi connectivity index (χ3v) is 6.07. The number of hydrogen-bond acceptors (Lipinski definition) is 4. The molecule has 1 fully saturated rings. The van der Waals surface area contributed by atoms with Crippen LogP contribution in [0.2, 0.25) is 0 Å². The number of aromatic nitrogens is 2. The van der Waals surface area contributed by atoms with Crippen molar-refractivity contribution >= 4 is 5.91 Å². The largest absolute Gasteiger partial charge is 0.354 e. The molecule has 0 aromatic carbocycles. The van der Waals surface area contributed by atoms with Crippen LogP contribution in [0, 0.1) is 20.8 Å². The van der Waals surface area contributed by atoms with E-state index in [4.69, 9.17) is 0 Å². The number of likely N-dealkylation sites (tertiary alicyclic amines) is 1. The van der Waals surface area contributed by atoms with Crippen LogP contribution < -0.4 is 5.32 Å². The number of amides is 1. The molecule has 1 aromatic rings. The Balaban J connectivity index is 1.94. The van der Waals surface area contributed by atoms with Crippen LogP contribution in [0.4, 0.5) is 0 Å². The van der Waals surface area contributed by atoms with E-state index in [1.165, 1.54) is 5.56 Å². The van der Waals surface area contributed by atoms with Gasteiger partial charge < -0.3 is 15.1 Å². The summed E-state index contributed by atoms with van der Waals surface area (Å²) >= 11 is 0. The lowest BCUT2D eigenvalue weighted by atomic mass is 9.86. The molecule has 1 saturated heterocycles. The Morgan fingerprint density at radius 1 is 1.28 bits per heavy atom. The van der Waals surface area contributed by atoms with Gasteiger partial charge in [-0.05, 0) is 80.3 Å². The molecule has 6 nitrogen and oxygen atoms in total. The first-order valence-electron chi connectivity index (χ1n) is 9.31. The van der Waals surface area contributed by atoms with Crippen molar-refractivity contribution in [2.45, 2.75) is 58.5 Å². The van der Waals surface area contributed by atoms with Gasteiger partial charge in [-0.15, -0.1) is 0 Å². The predicted octanol–water partition coefficient (Wildman–Crippen LogP) is 1.90. The van der Waals surface area contributed by atoms with Gasteiger partial charge in [-0.1, -0.05) is 0 Å². The molecule has 1 aromatic heterocycles. The highest BCUT2D eigenvalue weighted by Crippen LogP contribution is 2.26. The number of nitrogens with zero attached hydrogens (tertiary/aromatic N) is 4. The Kier molecular flexibility index (Phi) is 6.27. The quantitative estimate of drug-likeness (QED) is 0.852. The number of piperidine rings is 1. The highest BCUT2D eigenvalue weighted by atomic mass is 16.1. The van der Waals surface area contributed by atoms with Gasteiger partial charge in [-0.25, -0.2) is 0 Å². The summed E-state index contributed by atoms with van der Waals surface area (Å²) in [6, 6.07) is 0.0696. The van der Waals surface area contributed by atoms with Crippen LogP contribution in [0.5, 0.6) is 0 Å². The molecule has 0 radical (unpaired) electrons. The number of hydrogen-bond donors (Lipinski definition) is 1.